The molecule has 3 heterocycles. The maximum atomic E-state index is 12.8. The van der Waals surface area contributed by atoms with Gasteiger partial charge in [0.1, 0.15) is 5.58 Å². The third-order valence-electron chi connectivity index (χ3n) is 5.09. The number of hydrogen-bond acceptors (Lipinski definition) is 5. The van der Waals surface area contributed by atoms with Gasteiger partial charge in [-0.15, -0.1) is 0 Å². The number of amides is 2. The van der Waals surface area contributed by atoms with Crippen molar-refractivity contribution in [2.24, 2.45) is 0 Å². The molecule has 0 saturated carbocycles. The van der Waals surface area contributed by atoms with Crippen molar-refractivity contribution in [1.29, 1.82) is 0 Å². The van der Waals surface area contributed by atoms with E-state index in [4.69, 9.17) is 9.15 Å². The van der Waals surface area contributed by atoms with Crippen molar-refractivity contribution in [2.75, 3.05) is 59.0 Å². The summed E-state index contributed by atoms with van der Waals surface area (Å²) in [5, 5.41) is 0.905. The van der Waals surface area contributed by atoms with Crippen molar-refractivity contribution in [2.45, 2.75) is 0 Å². The Balaban J connectivity index is 1.33. The van der Waals surface area contributed by atoms with Gasteiger partial charge in [-0.3, -0.25) is 14.5 Å². The molecular formula is C19H22BrN3O4. The highest BCUT2D eigenvalue weighted by Crippen LogP contribution is 2.27. The second kappa shape index (κ2) is 8.00. The SMILES string of the molecule is O=C(CN1CCN(C(=O)c2cc3cccc(Br)c3o2)CC1)N1CCOCC1. The topological polar surface area (TPSA) is 66.2 Å². The molecule has 8 heteroatoms. The molecule has 7 nitrogen and oxygen atoms in total. The quantitative estimate of drug-likeness (QED) is 0.735. The van der Waals surface area contributed by atoms with Crippen molar-refractivity contribution < 1.29 is 18.7 Å². The van der Waals surface area contributed by atoms with Crippen LogP contribution in [0.5, 0.6) is 0 Å². The van der Waals surface area contributed by atoms with Gasteiger partial charge in [-0.25, -0.2) is 0 Å². The molecule has 2 amide bonds. The Morgan fingerprint density at radius 1 is 1.00 bits per heavy atom. The molecule has 1 aromatic heterocycles. The van der Waals surface area contributed by atoms with Crippen LogP contribution in [0.3, 0.4) is 0 Å². The highest BCUT2D eigenvalue weighted by atomic mass is 79.9. The van der Waals surface area contributed by atoms with Crippen LogP contribution in [0.1, 0.15) is 10.6 Å². The van der Waals surface area contributed by atoms with Gasteiger partial charge in [0.2, 0.25) is 5.91 Å². The molecule has 2 saturated heterocycles. The molecule has 2 aliphatic heterocycles. The Bertz CT molecular complexity index is 839. The number of nitrogens with zero attached hydrogens (tertiary/aromatic N) is 3. The van der Waals surface area contributed by atoms with Crippen LogP contribution in [0.25, 0.3) is 11.0 Å². The van der Waals surface area contributed by atoms with E-state index in [0.717, 1.165) is 9.86 Å². The fourth-order valence-electron chi connectivity index (χ4n) is 3.50. The minimum atomic E-state index is -0.0998. The predicted octanol–water partition coefficient (Wildman–Crippen LogP) is 1.81. The van der Waals surface area contributed by atoms with Crippen LogP contribution in [0, 0.1) is 0 Å². The number of ether oxygens (including phenoxy) is 1. The highest BCUT2D eigenvalue weighted by molar-refractivity contribution is 9.10. The molecule has 144 valence electrons. The molecule has 4 rings (SSSR count). The molecule has 0 unspecified atom stereocenters. The number of benzene rings is 1. The van der Waals surface area contributed by atoms with Gasteiger partial charge in [0, 0.05) is 44.7 Å². The van der Waals surface area contributed by atoms with Crippen LogP contribution in [0.2, 0.25) is 0 Å². The van der Waals surface area contributed by atoms with E-state index in [1.807, 2.05) is 23.1 Å². The summed E-state index contributed by atoms with van der Waals surface area (Å²) in [7, 11) is 0. The largest absolute Gasteiger partial charge is 0.450 e. The summed E-state index contributed by atoms with van der Waals surface area (Å²) in [5.74, 6) is 0.396. The van der Waals surface area contributed by atoms with E-state index in [-0.39, 0.29) is 11.8 Å². The summed E-state index contributed by atoms with van der Waals surface area (Å²) in [6.45, 7) is 5.51. The molecule has 2 fully saturated rings. The van der Waals surface area contributed by atoms with Crippen LogP contribution in [0.15, 0.2) is 33.2 Å². The fraction of sp³-hybridized carbons (Fsp3) is 0.474. The van der Waals surface area contributed by atoms with E-state index in [2.05, 4.69) is 20.8 Å². The zero-order valence-corrected chi connectivity index (χ0v) is 16.6. The molecule has 0 radical (unpaired) electrons. The molecule has 0 atom stereocenters. The number of rotatable bonds is 3. The first-order valence-electron chi connectivity index (χ1n) is 9.17. The minimum Gasteiger partial charge on any atom is -0.450 e. The average molecular weight is 436 g/mol. The molecule has 2 aliphatic rings. The number of morpholine rings is 1. The van der Waals surface area contributed by atoms with Gasteiger partial charge < -0.3 is 19.0 Å². The second-order valence-electron chi connectivity index (χ2n) is 6.83. The zero-order valence-electron chi connectivity index (χ0n) is 15.0. The highest BCUT2D eigenvalue weighted by Gasteiger charge is 2.27. The zero-order chi connectivity index (χ0) is 18.8. The third-order valence-corrected chi connectivity index (χ3v) is 5.71. The van der Waals surface area contributed by atoms with E-state index < -0.39 is 0 Å². The first-order chi connectivity index (χ1) is 13.1. The van der Waals surface area contributed by atoms with Gasteiger partial charge in [0.25, 0.3) is 5.91 Å². The van der Waals surface area contributed by atoms with Crippen molar-refractivity contribution in [3.05, 3.63) is 34.5 Å². The van der Waals surface area contributed by atoms with E-state index in [9.17, 15) is 9.59 Å². The number of carbonyl (C=O) groups is 2. The summed E-state index contributed by atoms with van der Waals surface area (Å²) in [6.07, 6.45) is 0. The van der Waals surface area contributed by atoms with Gasteiger partial charge in [0.05, 0.1) is 24.2 Å². The van der Waals surface area contributed by atoms with Crippen molar-refractivity contribution >= 4 is 38.7 Å². The van der Waals surface area contributed by atoms with E-state index in [0.29, 0.717) is 70.4 Å². The molecular weight excluding hydrogens is 414 g/mol. The summed E-state index contributed by atoms with van der Waals surface area (Å²) < 4.78 is 11.9. The minimum absolute atomic E-state index is 0.0998. The summed E-state index contributed by atoms with van der Waals surface area (Å²) in [4.78, 5) is 30.9. The Kier molecular flexibility index (Phi) is 5.47. The van der Waals surface area contributed by atoms with Crippen molar-refractivity contribution in [3.8, 4) is 0 Å². The second-order valence-corrected chi connectivity index (χ2v) is 7.68. The van der Waals surface area contributed by atoms with Crippen LogP contribution < -0.4 is 0 Å². The molecule has 0 aliphatic carbocycles. The third kappa shape index (κ3) is 4.02. The van der Waals surface area contributed by atoms with Gasteiger partial charge in [-0.1, -0.05) is 12.1 Å². The van der Waals surface area contributed by atoms with Crippen LogP contribution in [0.4, 0.5) is 0 Å². The van der Waals surface area contributed by atoms with Gasteiger partial charge in [-0.05, 0) is 28.1 Å². The Labute approximate surface area is 165 Å². The first kappa shape index (κ1) is 18.5. The van der Waals surface area contributed by atoms with Crippen LogP contribution in [-0.4, -0.2) is 85.5 Å². The monoisotopic (exact) mass is 435 g/mol. The number of carbonyl (C=O) groups excluding carboxylic acids is 2. The first-order valence-corrected chi connectivity index (χ1v) is 9.96. The maximum absolute atomic E-state index is 12.8. The molecule has 2 aromatic rings. The maximum Gasteiger partial charge on any atom is 0.289 e. The molecule has 0 bridgehead atoms. The van der Waals surface area contributed by atoms with E-state index in [1.54, 1.807) is 11.0 Å². The standard InChI is InChI=1S/C19H22BrN3O4/c20-15-3-1-2-14-12-16(27-18(14)15)19(25)23-6-4-21(5-7-23)13-17(24)22-8-10-26-11-9-22/h1-3,12H,4-11,13H2. The lowest BCUT2D eigenvalue weighted by Crippen LogP contribution is -2.52. The Morgan fingerprint density at radius 2 is 1.74 bits per heavy atom. The summed E-state index contributed by atoms with van der Waals surface area (Å²) in [5.41, 5.74) is 0.690. The van der Waals surface area contributed by atoms with Gasteiger partial charge in [-0.2, -0.15) is 0 Å². The number of halogens is 1. The lowest BCUT2D eigenvalue weighted by molar-refractivity contribution is -0.136. The smallest absolute Gasteiger partial charge is 0.289 e. The average Bonchev–Trinajstić information content (AvgIpc) is 3.14. The summed E-state index contributed by atoms with van der Waals surface area (Å²) in [6, 6.07) is 7.52. The predicted molar refractivity (Wildman–Crippen MR) is 104 cm³/mol. The van der Waals surface area contributed by atoms with E-state index >= 15 is 0 Å². The number of para-hydroxylation sites is 1. The van der Waals surface area contributed by atoms with Crippen LogP contribution >= 0.6 is 15.9 Å². The lowest BCUT2D eigenvalue weighted by atomic mass is 10.2. The number of furan rings is 1. The van der Waals surface area contributed by atoms with Gasteiger partial charge in [0.15, 0.2) is 5.76 Å². The molecule has 0 spiro atoms. The van der Waals surface area contributed by atoms with Crippen molar-refractivity contribution in [1.82, 2.24) is 14.7 Å². The van der Waals surface area contributed by atoms with Gasteiger partial charge >= 0.3 is 0 Å². The van der Waals surface area contributed by atoms with E-state index in [1.165, 1.54) is 0 Å². The lowest BCUT2D eigenvalue weighted by Gasteiger charge is -2.35. The number of piperazine rings is 1. The van der Waals surface area contributed by atoms with Crippen molar-refractivity contribution in [3.63, 3.8) is 0 Å². The molecule has 0 N–H and O–H groups in total. The number of hydrogen-bond donors (Lipinski definition) is 0. The normalized spacial score (nSPS) is 18.9. The summed E-state index contributed by atoms with van der Waals surface area (Å²) >= 11 is 3.45. The number of fused-ring (bicyclic) bond motifs is 1. The Hall–Kier alpha value is -1.90. The molecule has 1 aromatic carbocycles. The fourth-order valence-corrected chi connectivity index (χ4v) is 3.96. The Morgan fingerprint density at radius 3 is 2.44 bits per heavy atom. The molecule has 27 heavy (non-hydrogen) atoms. The van der Waals surface area contributed by atoms with Crippen LogP contribution in [-0.2, 0) is 9.53 Å².